The maximum Gasteiger partial charge on any atom is 0.142 e. The summed E-state index contributed by atoms with van der Waals surface area (Å²) in [5.41, 5.74) is 1.80. The topological polar surface area (TPSA) is 44.7 Å². The average molecular weight is 217 g/mol. The van der Waals surface area contributed by atoms with Gasteiger partial charge in [-0.2, -0.15) is 0 Å². The Labute approximate surface area is 95.0 Å². The van der Waals surface area contributed by atoms with Gasteiger partial charge in [0.2, 0.25) is 0 Å². The van der Waals surface area contributed by atoms with Gasteiger partial charge in [-0.05, 0) is 12.1 Å². The van der Waals surface area contributed by atoms with Crippen LogP contribution in [0.15, 0.2) is 29.3 Å². The smallest absolute Gasteiger partial charge is 0.142 e. The van der Waals surface area contributed by atoms with Crippen molar-refractivity contribution < 1.29 is 4.79 Å². The lowest BCUT2D eigenvalue weighted by atomic mass is 10.2. The predicted molar refractivity (Wildman–Crippen MR) is 65.3 cm³/mol. The molecule has 0 saturated carbocycles. The van der Waals surface area contributed by atoms with Gasteiger partial charge in [-0.1, -0.05) is 12.1 Å². The number of nitrogens with zero attached hydrogens (tertiary/aromatic N) is 2. The largest absolute Gasteiger partial charge is 0.373 e. The molecule has 1 unspecified atom stereocenters. The standard InChI is InChI=1S/C12H15N3O/c1-15(2)12-7-9(8-16)13-10-5-3-4-6-11(10)14-12/h3-6,8-9,13H,7H2,1-2H3. The van der Waals surface area contributed by atoms with Gasteiger partial charge >= 0.3 is 0 Å². The van der Waals surface area contributed by atoms with E-state index < -0.39 is 0 Å². The third-order valence-corrected chi connectivity index (χ3v) is 2.58. The molecule has 1 N–H and O–H groups in total. The van der Waals surface area contributed by atoms with Crippen molar-refractivity contribution in [3.8, 4) is 0 Å². The molecule has 0 aromatic heterocycles. The molecule has 0 saturated heterocycles. The van der Waals surface area contributed by atoms with Crippen molar-refractivity contribution in [2.45, 2.75) is 12.5 Å². The van der Waals surface area contributed by atoms with Crippen molar-refractivity contribution in [3.05, 3.63) is 24.3 Å². The maximum absolute atomic E-state index is 11.0. The third kappa shape index (κ3) is 2.05. The quantitative estimate of drug-likeness (QED) is 0.728. The van der Waals surface area contributed by atoms with E-state index in [2.05, 4.69) is 10.3 Å². The average Bonchev–Trinajstić information content (AvgIpc) is 2.47. The fourth-order valence-corrected chi connectivity index (χ4v) is 1.69. The first-order chi connectivity index (χ1) is 7.70. The van der Waals surface area contributed by atoms with E-state index in [1.807, 2.05) is 43.3 Å². The lowest BCUT2D eigenvalue weighted by Gasteiger charge is -2.16. The van der Waals surface area contributed by atoms with Crippen LogP contribution < -0.4 is 5.32 Å². The number of fused-ring (bicyclic) bond motifs is 1. The van der Waals surface area contributed by atoms with Gasteiger partial charge in [0.1, 0.15) is 12.1 Å². The molecule has 4 heteroatoms. The van der Waals surface area contributed by atoms with Gasteiger partial charge in [0, 0.05) is 20.5 Å². The number of hydrogen-bond acceptors (Lipinski definition) is 4. The molecular weight excluding hydrogens is 202 g/mol. The summed E-state index contributed by atoms with van der Waals surface area (Å²) < 4.78 is 0. The number of hydrogen-bond donors (Lipinski definition) is 1. The molecule has 0 fully saturated rings. The van der Waals surface area contributed by atoms with Crippen LogP contribution in [0.2, 0.25) is 0 Å². The van der Waals surface area contributed by atoms with E-state index in [0.717, 1.165) is 23.5 Å². The number of nitrogens with one attached hydrogen (secondary N) is 1. The lowest BCUT2D eigenvalue weighted by molar-refractivity contribution is -0.108. The highest BCUT2D eigenvalue weighted by molar-refractivity contribution is 5.92. The highest BCUT2D eigenvalue weighted by Crippen LogP contribution is 2.28. The van der Waals surface area contributed by atoms with Crippen LogP contribution in [0.1, 0.15) is 6.42 Å². The number of amidine groups is 1. The summed E-state index contributed by atoms with van der Waals surface area (Å²) in [6.07, 6.45) is 1.55. The fraction of sp³-hybridized carbons (Fsp3) is 0.333. The van der Waals surface area contributed by atoms with E-state index in [0.29, 0.717) is 6.42 Å². The summed E-state index contributed by atoms with van der Waals surface area (Å²) in [6, 6.07) is 7.56. The molecule has 1 aromatic rings. The minimum atomic E-state index is -0.204. The predicted octanol–water partition coefficient (Wildman–Crippen LogP) is 1.66. The van der Waals surface area contributed by atoms with Crippen LogP contribution in [-0.4, -0.2) is 37.2 Å². The molecular formula is C12H15N3O. The molecule has 1 aliphatic heterocycles. The molecule has 84 valence electrons. The van der Waals surface area contributed by atoms with Crippen molar-refractivity contribution >= 4 is 23.5 Å². The Morgan fingerprint density at radius 2 is 2.19 bits per heavy atom. The molecule has 1 heterocycles. The van der Waals surface area contributed by atoms with Gasteiger partial charge in [-0.3, -0.25) is 0 Å². The van der Waals surface area contributed by atoms with Gasteiger partial charge < -0.3 is 15.0 Å². The monoisotopic (exact) mass is 217 g/mol. The van der Waals surface area contributed by atoms with E-state index in [-0.39, 0.29) is 6.04 Å². The molecule has 4 nitrogen and oxygen atoms in total. The minimum Gasteiger partial charge on any atom is -0.373 e. The summed E-state index contributed by atoms with van der Waals surface area (Å²) in [6.45, 7) is 0. The van der Waals surface area contributed by atoms with Crippen LogP contribution in [0.3, 0.4) is 0 Å². The molecule has 1 atom stereocenters. The normalized spacial score (nSPS) is 18.9. The summed E-state index contributed by atoms with van der Waals surface area (Å²) in [7, 11) is 3.88. The highest BCUT2D eigenvalue weighted by Gasteiger charge is 2.18. The van der Waals surface area contributed by atoms with E-state index >= 15 is 0 Å². The Kier molecular flexibility index (Phi) is 2.90. The molecule has 0 bridgehead atoms. The number of anilines is 1. The summed E-state index contributed by atoms with van der Waals surface area (Å²) in [5.74, 6) is 0.912. The summed E-state index contributed by atoms with van der Waals surface area (Å²) in [4.78, 5) is 17.5. The Morgan fingerprint density at radius 1 is 1.44 bits per heavy atom. The van der Waals surface area contributed by atoms with Crippen LogP contribution in [0.5, 0.6) is 0 Å². The Morgan fingerprint density at radius 3 is 2.88 bits per heavy atom. The molecule has 0 radical (unpaired) electrons. The molecule has 2 rings (SSSR count). The second-order valence-electron chi connectivity index (χ2n) is 4.03. The van der Waals surface area contributed by atoms with Gasteiger partial charge in [-0.25, -0.2) is 4.99 Å². The first-order valence-electron chi connectivity index (χ1n) is 5.26. The lowest BCUT2D eigenvalue weighted by Crippen LogP contribution is -2.30. The molecule has 16 heavy (non-hydrogen) atoms. The van der Waals surface area contributed by atoms with E-state index in [9.17, 15) is 4.79 Å². The van der Waals surface area contributed by atoms with Crippen LogP contribution in [0.25, 0.3) is 0 Å². The van der Waals surface area contributed by atoms with E-state index in [1.54, 1.807) is 0 Å². The molecule has 0 spiro atoms. The third-order valence-electron chi connectivity index (χ3n) is 2.58. The van der Waals surface area contributed by atoms with Crippen LogP contribution in [0, 0.1) is 0 Å². The van der Waals surface area contributed by atoms with Crippen molar-refractivity contribution in [1.29, 1.82) is 0 Å². The Hall–Kier alpha value is -1.84. The number of rotatable bonds is 1. The van der Waals surface area contributed by atoms with Crippen LogP contribution in [0.4, 0.5) is 11.4 Å². The van der Waals surface area contributed by atoms with Crippen LogP contribution in [-0.2, 0) is 4.79 Å². The van der Waals surface area contributed by atoms with Crippen molar-refractivity contribution in [3.63, 3.8) is 0 Å². The Balaban J connectivity index is 2.43. The minimum absolute atomic E-state index is 0.204. The van der Waals surface area contributed by atoms with Gasteiger partial charge in [0.25, 0.3) is 0 Å². The first kappa shape index (κ1) is 10.7. The first-order valence-corrected chi connectivity index (χ1v) is 5.26. The number of carbonyl (C=O) groups excluding carboxylic acids is 1. The number of aldehydes is 1. The zero-order chi connectivity index (χ0) is 11.5. The number of benzene rings is 1. The molecule has 0 amide bonds. The van der Waals surface area contributed by atoms with E-state index in [4.69, 9.17) is 0 Å². The zero-order valence-corrected chi connectivity index (χ0v) is 9.47. The SMILES string of the molecule is CN(C)C1=Nc2ccccc2NC(C=O)C1. The number of para-hydroxylation sites is 2. The molecule has 1 aliphatic rings. The maximum atomic E-state index is 11.0. The van der Waals surface area contributed by atoms with Gasteiger partial charge in [0.15, 0.2) is 0 Å². The van der Waals surface area contributed by atoms with Gasteiger partial charge in [-0.15, -0.1) is 0 Å². The van der Waals surface area contributed by atoms with Crippen molar-refractivity contribution in [2.75, 3.05) is 19.4 Å². The van der Waals surface area contributed by atoms with E-state index in [1.165, 1.54) is 0 Å². The molecule has 0 aliphatic carbocycles. The second-order valence-corrected chi connectivity index (χ2v) is 4.03. The van der Waals surface area contributed by atoms with Gasteiger partial charge in [0.05, 0.1) is 17.4 Å². The number of carbonyl (C=O) groups is 1. The second kappa shape index (κ2) is 4.35. The zero-order valence-electron chi connectivity index (χ0n) is 9.47. The van der Waals surface area contributed by atoms with Crippen LogP contribution >= 0.6 is 0 Å². The fourth-order valence-electron chi connectivity index (χ4n) is 1.69. The summed E-state index contributed by atoms with van der Waals surface area (Å²) in [5, 5.41) is 3.18. The number of aliphatic imine (C=N–C) groups is 1. The highest BCUT2D eigenvalue weighted by atomic mass is 16.1. The Bertz CT molecular complexity index is 426. The van der Waals surface area contributed by atoms with Crippen molar-refractivity contribution in [1.82, 2.24) is 4.90 Å². The molecule has 1 aromatic carbocycles. The van der Waals surface area contributed by atoms with Crippen molar-refractivity contribution in [2.24, 2.45) is 4.99 Å². The summed E-state index contributed by atoms with van der Waals surface area (Å²) >= 11 is 0.